The molecule has 0 spiro atoms. The van der Waals surface area contributed by atoms with E-state index in [1.165, 1.54) is 42.3 Å². The molecule has 0 unspecified atom stereocenters. The number of nitrogens with one attached hydrogen (secondary N) is 1. The first-order chi connectivity index (χ1) is 10.3. The molecule has 0 atom stereocenters. The number of thiophene rings is 1. The Morgan fingerprint density at radius 3 is 2.71 bits per heavy atom. The van der Waals surface area contributed by atoms with Crippen LogP contribution >= 0.6 is 11.3 Å². The molecule has 2 aromatic carbocycles. The molecule has 0 saturated carbocycles. The molecule has 4 rings (SSSR count). The lowest BCUT2D eigenvalue weighted by Crippen LogP contribution is -1.73. The normalized spacial score (nSPS) is 12.0. The van der Waals surface area contributed by atoms with Gasteiger partial charge in [-0.3, -0.25) is 0 Å². The SMILES string of the molecule is C=Cc1sc2cc3[nH]c4ccccc4c3cc2c1/C=C\C. The number of rotatable bonds is 2. The summed E-state index contributed by atoms with van der Waals surface area (Å²) in [6, 6.07) is 13.0. The van der Waals surface area contributed by atoms with E-state index in [9.17, 15) is 0 Å². The van der Waals surface area contributed by atoms with Crippen LogP contribution < -0.4 is 0 Å². The van der Waals surface area contributed by atoms with Gasteiger partial charge in [-0.15, -0.1) is 11.3 Å². The highest BCUT2D eigenvalue weighted by Gasteiger charge is 2.11. The second-order valence-electron chi connectivity index (χ2n) is 5.15. The first kappa shape index (κ1) is 12.4. The first-order valence-corrected chi connectivity index (χ1v) is 7.85. The standard InChI is InChI=1S/C19H15NS/c1-3-7-13-15-10-14-12-8-5-6-9-16(12)20-17(14)11-19(15)21-18(13)4-2/h3-11,20H,2H2,1H3/b7-3-. The van der Waals surface area contributed by atoms with Gasteiger partial charge in [0.25, 0.3) is 0 Å². The van der Waals surface area contributed by atoms with Crippen LogP contribution in [0.3, 0.4) is 0 Å². The summed E-state index contributed by atoms with van der Waals surface area (Å²) < 4.78 is 1.30. The Balaban J connectivity index is 2.18. The van der Waals surface area contributed by atoms with E-state index in [-0.39, 0.29) is 0 Å². The monoisotopic (exact) mass is 289 g/mol. The zero-order valence-electron chi connectivity index (χ0n) is 11.8. The van der Waals surface area contributed by atoms with E-state index in [1.807, 2.05) is 6.08 Å². The molecule has 0 fully saturated rings. The number of benzene rings is 2. The summed E-state index contributed by atoms with van der Waals surface area (Å²) in [7, 11) is 0. The van der Waals surface area contributed by atoms with Crippen molar-refractivity contribution < 1.29 is 0 Å². The smallest absolute Gasteiger partial charge is 0.0479 e. The van der Waals surface area contributed by atoms with Gasteiger partial charge in [-0.2, -0.15) is 0 Å². The first-order valence-electron chi connectivity index (χ1n) is 7.04. The lowest BCUT2D eigenvalue weighted by atomic mass is 10.1. The van der Waals surface area contributed by atoms with Crippen molar-refractivity contribution in [1.82, 2.24) is 4.98 Å². The maximum atomic E-state index is 3.94. The van der Waals surface area contributed by atoms with Gasteiger partial charge in [-0.05, 0) is 30.7 Å². The highest BCUT2D eigenvalue weighted by molar-refractivity contribution is 7.20. The van der Waals surface area contributed by atoms with Crippen molar-refractivity contribution in [2.75, 3.05) is 0 Å². The van der Waals surface area contributed by atoms with E-state index < -0.39 is 0 Å². The van der Waals surface area contributed by atoms with Crippen molar-refractivity contribution in [2.45, 2.75) is 6.92 Å². The number of hydrogen-bond donors (Lipinski definition) is 1. The van der Waals surface area contributed by atoms with Gasteiger partial charge in [0, 0.05) is 36.8 Å². The fourth-order valence-electron chi connectivity index (χ4n) is 2.97. The molecule has 0 amide bonds. The van der Waals surface area contributed by atoms with E-state index in [0.29, 0.717) is 0 Å². The van der Waals surface area contributed by atoms with Gasteiger partial charge in [-0.1, -0.05) is 43.0 Å². The number of allylic oxidation sites excluding steroid dienone is 1. The third kappa shape index (κ3) is 1.76. The molecule has 2 heteroatoms. The lowest BCUT2D eigenvalue weighted by molar-refractivity contribution is 1.56. The minimum absolute atomic E-state index is 1.20. The van der Waals surface area contributed by atoms with Crippen LogP contribution in [0.5, 0.6) is 0 Å². The van der Waals surface area contributed by atoms with Crippen LogP contribution in [-0.2, 0) is 0 Å². The van der Waals surface area contributed by atoms with E-state index in [4.69, 9.17) is 0 Å². The zero-order valence-corrected chi connectivity index (χ0v) is 12.6. The van der Waals surface area contributed by atoms with E-state index in [2.05, 4.69) is 67.0 Å². The third-order valence-electron chi connectivity index (χ3n) is 3.90. The van der Waals surface area contributed by atoms with Crippen molar-refractivity contribution >= 4 is 55.4 Å². The fourth-order valence-corrected chi connectivity index (χ4v) is 4.03. The van der Waals surface area contributed by atoms with E-state index in [0.717, 1.165) is 0 Å². The average Bonchev–Trinajstić information content (AvgIpc) is 3.03. The van der Waals surface area contributed by atoms with Crippen LogP contribution in [0.15, 0.2) is 49.1 Å². The van der Waals surface area contributed by atoms with Crippen LogP contribution in [0.2, 0.25) is 0 Å². The summed E-state index contributed by atoms with van der Waals surface area (Å²) in [5, 5.41) is 3.88. The van der Waals surface area contributed by atoms with E-state index in [1.54, 1.807) is 11.3 Å². The van der Waals surface area contributed by atoms with Crippen molar-refractivity contribution in [2.24, 2.45) is 0 Å². The molecule has 0 aliphatic rings. The molecule has 1 N–H and O–H groups in total. The highest BCUT2D eigenvalue weighted by Crippen LogP contribution is 2.37. The number of hydrogen-bond acceptors (Lipinski definition) is 1. The number of aromatic amines is 1. The molecule has 0 aliphatic heterocycles. The van der Waals surface area contributed by atoms with Crippen molar-refractivity contribution in [3.05, 3.63) is 59.5 Å². The molecule has 2 heterocycles. The van der Waals surface area contributed by atoms with Gasteiger partial charge in [0.1, 0.15) is 0 Å². The molecule has 4 aromatic rings. The molecular formula is C19H15NS. The predicted molar refractivity (Wildman–Crippen MR) is 96.0 cm³/mol. The van der Waals surface area contributed by atoms with Gasteiger partial charge in [0.15, 0.2) is 0 Å². The van der Waals surface area contributed by atoms with Crippen LogP contribution in [-0.4, -0.2) is 4.98 Å². The molecule has 1 nitrogen and oxygen atoms in total. The molecule has 21 heavy (non-hydrogen) atoms. The zero-order chi connectivity index (χ0) is 14.4. The summed E-state index contributed by atoms with van der Waals surface area (Å²) in [6.45, 7) is 6.00. The van der Waals surface area contributed by atoms with Crippen molar-refractivity contribution in [1.29, 1.82) is 0 Å². The van der Waals surface area contributed by atoms with Gasteiger partial charge in [0.05, 0.1) is 0 Å². The highest BCUT2D eigenvalue weighted by atomic mass is 32.1. The second kappa shape index (κ2) is 4.61. The summed E-state index contributed by atoms with van der Waals surface area (Å²) in [5.74, 6) is 0. The Hall–Kier alpha value is -2.32. The van der Waals surface area contributed by atoms with Gasteiger partial charge < -0.3 is 4.98 Å². The maximum Gasteiger partial charge on any atom is 0.0479 e. The minimum Gasteiger partial charge on any atom is -0.354 e. The minimum atomic E-state index is 1.20. The molecule has 2 aromatic heterocycles. The third-order valence-corrected chi connectivity index (χ3v) is 5.06. The number of fused-ring (bicyclic) bond motifs is 4. The van der Waals surface area contributed by atoms with Crippen molar-refractivity contribution in [3.63, 3.8) is 0 Å². The molecule has 0 saturated heterocycles. The quantitative estimate of drug-likeness (QED) is 0.451. The Labute approximate surface area is 127 Å². The topological polar surface area (TPSA) is 15.8 Å². The number of para-hydroxylation sites is 1. The van der Waals surface area contributed by atoms with Gasteiger partial charge >= 0.3 is 0 Å². The number of H-pyrrole nitrogens is 1. The molecule has 0 aliphatic carbocycles. The predicted octanol–water partition coefficient (Wildman–Crippen LogP) is 6.21. The van der Waals surface area contributed by atoms with Crippen molar-refractivity contribution in [3.8, 4) is 0 Å². The van der Waals surface area contributed by atoms with Crippen LogP contribution in [0.25, 0.3) is 44.0 Å². The van der Waals surface area contributed by atoms with Crippen LogP contribution in [0.1, 0.15) is 17.4 Å². The molecule has 0 bridgehead atoms. The summed E-state index contributed by atoms with van der Waals surface area (Å²) in [5.41, 5.74) is 3.67. The number of aromatic nitrogens is 1. The lowest BCUT2D eigenvalue weighted by Gasteiger charge is -1.96. The molecule has 0 radical (unpaired) electrons. The average molecular weight is 289 g/mol. The second-order valence-corrected chi connectivity index (χ2v) is 6.23. The molecule has 102 valence electrons. The van der Waals surface area contributed by atoms with E-state index >= 15 is 0 Å². The summed E-state index contributed by atoms with van der Waals surface area (Å²) >= 11 is 1.80. The van der Waals surface area contributed by atoms with Crippen LogP contribution in [0, 0.1) is 0 Å². The fraction of sp³-hybridized carbons (Fsp3) is 0.0526. The Bertz CT molecular complexity index is 1010. The Morgan fingerprint density at radius 2 is 1.90 bits per heavy atom. The van der Waals surface area contributed by atoms with Gasteiger partial charge in [-0.25, -0.2) is 0 Å². The van der Waals surface area contributed by atoms with Crippen LogP contribution in [0.4, 0.5) is 0 Å². The largest absolute Gasteiger partial charge is 0.354 e. The van der Waals surface area contributed by atoms with Gasteiger partial charge in [0.2, 0.25) is 0 Å². The molecular weight excluding hydrogens is 274 g/mol. The summed E-state index contributed by atoms with van der Waals surface area (Å²) in [6.07, 6.45) is 6.22. The Kier molecular flexibility index (Phi) is 2.72. The Morgan fingerprint density at radius 1 is 1.05 bits per heavy atom. The summed E-state index contributed by atoms with van der Waals surface area (Å²) in [4.78, 5) is 4.75. The maximum absolute atomic E-state index is 3.94.